The number of anilines is 1. The van der Waals surface area contributed by atoms with Crippen LogP contribution in [0.4, 0.5) is 18.9 Å². The minimum Gasteiger partial charge on any atom is -0.395 e. The van der Waals surface area contributed by atoms with Crippen molar-refractivity contribution in [1.82, 2.24) is 4.98 Å². The number of fused-ring (bicyclic) bond motifs is 1. The molecule has 2 aliphatic heterocycles. The van der Waals surface area contributed by atoms with Crippen molar-refractivity contribution in [3.8, 4) is 11.5 Å². The van der Waals surface area contributed by atoms with Crippen LogP contribution in [0.2, 0.25) is 0 Å². The first-order valence-corrected chi connectivity index (χ1v) is 11.2. The minimum absolute atomic E-state index is 0.0958. The minimum atomic E-state index is -3.86. The van der Waals surface area contributed by atoms with Crippen LogP contribution in [-0.2, 0) is 15.4 Å². The molecule has 1 atom stereocenters. The number of aromatic nitrogens is 1. The van der Waals surface area contributed by atoms with Crippen LogP contribution in [0.25, 0.3) is 0 Å². The molecule has 9 nitrogen and oxygen atoms in total. The number of amidine groups is 1. The number of carbonyl (C=O) groups excluding carboxylic acids is 1. The molecule has 33 heavy (non-hydrogen) atoms. The highest BCUT2D eigenvalue weighted by Crippen LogP contribution is 2.41. The van der Waals surface area contributed by atoms with Gasteiger partial charge in [0, 0.05) is 17.3 Å². The number of benzene rings is 1. The molecule has 0 saturated carbocycles. The van der Waals surface area contributed by atoms with Gasteiger partial charge in [0.05, 0.1) is 11.9 Å². The summed E-state index contributed by atoms with van der Waals surface area (Å²) in [5.74, 6) is -2.91. The summed E-state index contributed by atoms with van der Waals surface area (Å²) in [5.41, 5.74) is 4.10. The second-order valence-corrected chi connectivity index (χ2v) is 10.9. The van der Waals surface area contributed by atoms with Crippen LogP contribution in [0.1, 0.15) is 36.8 Å². The molecule has 0 radical (unpaired) electrons. The zero-order valence-electron chi connectivity index (χ0n) is 17.6. The Balaban J connectivity index is 1.64. The monoisotopic (exact) mass is 484 g/mol. The normalized spacial score (nSPS) is 24.1. The molecule has 2 aromatic rings. The average Bonchev–Trinajstić information content (AvgIpc) is 3.00. The predicted octanol–water partition coefficient (Wildman–Crippen LogP) is 2.57. The van der Waals surface area contributed by atoms with Gasteiger partial charge in [-0.3, -0.25) is 9.79 Å². The van der Waals surface area contributed by atoms with Crippen molar-refractivity contribution >= 4 is 27.3 Å². The highest BCUT2D eigenvalue weighted by molar-refractivity contribution is 7.93. The van der Waals surface area contributed by atoms with Gasteiger partial charge in [0.15, 0.2) is 21.3 Å². The average molecular weight is 484 g/mol. The van der Waals surface area contributed by atoms with E-state index >= 15 is 0 Å². The second kappa shape index (κ2) is 7.07. The van der Waals surface area contributed by atoms with E-state index in [1.165, 1.54) is 32.9 Å². The molecule has 3 heterocycles. The van der Waals surface area contributed by atoms with Crippen molar-refractivity contribution in [1.29, 1.82) is 0 Å². The van der Waals surface area contributed by atoms with E-state index in [-0.39, 0.29) is 34.3 Å². The summed E-state index contributed by atoms with van der Waals surface area (Å²) in [6.45, 7) is 4.26. The molecule has 176 valence electrons. The van der Waals surface area contributed by atoms with Gasteiger partial charge in [-0.2, -0.15) is 0 Å². The zero-order chi connectivity index (χ0) is 24.4. The smallest absolute Gasteiger partial charge is 0.395 e. The first kappa shape index (κ1) is 22.8. The molecular weight excluding hydrogens is 465 g/mol. The van der Waals surface area contributed by atoms with E-state index in [1.807, 2.05) is 0 Å². The highest BCUT2D eigenvalue weighted by Gasteiger charge is 2.49. The van der Waals surface area contributed by atoms with Crippen LogP contribution < -0.4 is 20.5 Å². The van der Waals surface area contributed by atoms with Gasteiger partial charge in [-0.05, 0) is 39.0 Å². The van der Waals surface area contributed by atoms with Gasteiger partial charge < -0.3 is 20.5 Å². The molecule has 0 unspecified atom stereocenters. The topological polar surface area (TPSA) is 133 Å². The summed E-state index contributed by atoms with van der Waals surface area (Å²) in [6.07, 6.45) is -2.95. The van der Waals surface area contributed by atoms with Gasteiger partial charge in [-0.25, -0.2) is 17.8 Å². The van der Waals surface area contributed by atoms with Crippen molar-refractivity contribution in [3.05, 3.63) is 47.5 Å². The third-order valence-electron chi connectivity index (χ3n) is 5.56. The second-order valence-electron chi connectivity index (χ2n) is 8.37. The van der Waals surface area contributed by atoms with Crippen molar-refractivity contribution in [2.75, 3.05) is 11.1 Å². The number of sulfone groups is 1. The molecule has 0 fully saturated rings. The van der Waals surface area contributed by atoms with Crippen LogP contribution in [-0.4, -0.2) is 41.9 Å². The predicted molar refractivity (Wildman–Crippen MR) is 112 cm³/mol. The number of alkyl halides is 2. The summed E-state index contributed by atoms with van der Waals surface area (Å²) in [4.78, 5) is 20.6. The Labute approximate surface area is 186 Å². The van der Waals surface area contributed by atoms with E-state index in [0.29, 0.717) is 0 Å². The number of carbonyl (C=O) groups is 1. The molecule has 1 aromatic carbocycles. The number of ether oxygens (including phenoxy) is 2. The number of hydrogen-bond acceptors (Lipinski definition) is 8. The Morgan fingerprint density at radius 2 is 1.82 bits per heavy atom. The molecular formula is C20H19F3N4O5S. The van der Waals surface area contributed by atoms with Gasteiger partial charge >= 0.3 is 6.29 Å². The lowest BCUT2D eigenvalue weighted by Gasteiger charge is -2.38. The first-order chi connectivity index (χ1) is 15.1. The Morgan fingerprint density at radius 3 is 2.48 bits per heavy atom. The fourth-order valence-corrected chi connectivity index (χ4v) is 5.16. The van der Waals surface area contributed by atoms with Gasteiger partial charge in [-0.15, -0.1) is 8.78 Å². The lowest BCUT2D eigenvalue weighted by molar-refractivity contribution is -0.286. The van der Waals surface area contributed by atoms with Gasteiger partial charge in [0.25, 0.3) is 5.91 Å². The maximum atomic E-state index is 14.7. The zero-order valence-corrected chi connectivity index (χ0v) is 18.5. The molecule has 13 heteroatoms. The van der Waals surface area contributed by atoms with Crippen LogP contribution in [0.15, 0.2) is 35.5 Å². The fraction of sp³-hybridized carbons (Fsp3) is 0.350. The Bertz CT molecular complexity index is 1310. The van der Waals surface area contributed by atoms with Gasteiger partial charge in [-0.1, -0.05) is 0 Å². The van der Waals surface area contributed by atoms with Crippen LogP contribution in [0, 0.1) is 5.82 Å². The lowest BCUT2D eigenvalue weighted by Crippen LogP contribution is -2.55. The van der Waals surface area contributed by atoms with Crippen molar-refractivity contribution in [2.24, 2.45) is 10.7 Å². The lowest BCUT2D eigenvalue weighted by atomic mass is 9.92. The molecule has 0 bridgehead atoms. The summed E-state index contributed by atoms with van der Waals surface area (Å²) >= 11 is 0. The summed E-state index contributed by atoms with van der Waals surface area (Å²) in [6, 6.07) is 4.49. The third-order valence-corrected chi connectivity index (χ3v) is 8.27. The van der Waals surface area contributed by atoms with E-state index in [1.54, 1.807) is 0 Å². The van der Waals surface area contributed by atoms with Crippen LogP contribution in [0.3, 0.4) is 0 Å². The van der Waals surface area contributed by atoms with E-state index in [0.717, 1.165) is 18.3 Å². The molecule has 0 spiro atoms. The Hall–Kier alpha value is -3.35. The van der Waals surface area contributed by atoms with Crippen molar-refractivity contribution in [2.45, 2.75) is 37.4 Å². The number of amides is 1. The number of nitrogens with zero attached hydrogens (tertiary/aromatic N) is 2. The van der Waals surface area contributed by atoms with E-state index < -0.39 is 43.9 Å². The number of halogens is 3. The molecule has 0 saturated heterocycles. The molecule has 2 aliphatic rings. The summed E-state index contributed by atoms with van der Waals surface area (Å²) < 4.78 is 73.7. The largest absolute Gasteiger partial charge is 0.586 e. The molecule has 1 aromatic heterocycles. The maximum absolute atomic E-state index is 14.7. The summed E-state index contributed by atoms with van der Waals surface area (Å²) in [5, 5.41) is 2.46. The standard InChI is InChI=1S/C20H19F3N4O5S/c1-18(2)17(24)27-19(3,9-33(18,29)30)11-6-10(4-5-12(11)21)26-16(28)13-7-14-15(8-25-13)32-20(22,23)31-14/h4-8H,9H2,1-3H3,(H2,24,27)(H,26,28)/t19-/m0/s1. The van der Waals surface area contributed by atoms with Crippen molar-refractivity contribution < 1.29 is 35.9 Å². The number of hydrogen-bond donors (Lipinski definition) is 2. The van der Waals surface area contributed by atoms with Gasteiger partial charge in [0.1, 0.15) is 27.6 Å². The number of aliphatic imine (C=N–C) groups is 1. The Morgan fingerprint density at radius 1 is 1.15 bits per heavy atom. The maximum Gasteiger partial charge on any atom is 0.586 e. The molecule has 4 rings (SSSR count). The molecule has 0 aliphatic carbocycles. The summed E-state index contributed by atoms with van der Waals surface area (Å²) in [7, 11) is -3.78. The number of rotatable bonds is 3. The number of nitrogens with two attached hydrogens (primary N) is 1. The highest BCUT2D eigenvalue weighted by atomic mass is 32.2. The van der Waals surface area contributed by atoms with Crippen molar-refractivity contribution in [3.63, 3.8) is 0 Å². The van der Waals surface area contributed by atoms with Crippen LogP contribution in [0.5, 0.6) is 11.5 Å². The van der Waals surface area contributed by atoms with E-state index in [4.69, 9.17) is 5.73 Å². The first-order valence-electron chi connectivity index (χ1n) is 9.59. The number of pyridine rings is 1. The molecule has 3 N–H and O–H groups in total. The van der Waals surface area contributed by atoms with Gasteiger partial charge in [0.2, 0.25) is 0 Å². The quantitative estimate of drug-likeness (QED) is 0.684. The molecule has 1 amide bonds. The SMILES string of the molecule is CC1(C)C(N)=N[C@](C)(c2cc(NC(=O)c3cc4c(cn3)OC(F)(F)O4)ccc2F)CS1(=O)=O. The Kier molecular flexibility index (Phi) is 4.89. The number of nitrogens with one attached hydrogen (secondary N) is 1. The fourth-order valence-electron chi connectivity index (χ4n) is 3.47. The van der Waals surface area contributed by atoms with Crippen LogP contribution >= 0.6 is 0 Å². The van der Waals surface area contributed by atoms with E-state index in [2.05, 4.69) is 24.8 Å². The third kappa shape index (κ3) is 3.86. The van der Waals surface area contributed by atoms with E-state index in [9.17, 15) is 26.4 Å².